The van der Waals surface area contributed by atoms with E-state index >= 15 is 0 Å². The molecule has 1 atom stereocenters. The van der Waals surface area contributed by atoms with Crippen molar-refractivity contribution in [2.75, 3.05) is 31.6 Å². The zero-order valence-corrected chi connectivity index (χ0v) is 11.1. The molecule has 1 aromatic carbocycles. The van der Waals surface area contributed by atoms with E-state index < -0.39 is 0 Å². The molecule has 0 aliphatic carbocycles. The van der Waals surface area contributed by atoms with E-state index in [1.165, 1.54) is 0 Å². The Morgan fingerprint density at radius 3 is 3.06 bits per heavy atom. The first kappa shape index (κ1) is 12.5. The summed E-state index contributed by atoms with van der Waals surface area (Å²) >= 11 is 6.27. The first-order valence-corrected chi connectivity index (χ1v) is 6.40. The third-order valence-corrected chi connectivity index (χ3v) is 3.41. The maximum Gasteiger partial charge on any atom is 0.121 e. The first-order chi connectivity index (χ1) is 8.20. The van der Waals surface area contributed by atoms with Gasteiger partial charge in [-0.3, -0.25) is 0 Å². The van der Waals surface area contributed by atoms with Crippen molar-refractivity contribution in [1.82, 2.24) is 5.32 Å². The lowest BCUT2D eigenvalue weighted by Gasteiger charge is -2.26. The molecule has 1 aromatic rings. The maximum absolute atomic E-state index is 6.27. The maximum atomic E-state index is 6.27. The molecule has 1 aliphatic heterocycles. The van der Waals surface area contributed by atoms with Gasteiger partial charge >= 0.3 is 0 Å². The molecule has 1 unspecified atom stereocenters. The Kier molecular flexibility index (Phi) is 4.13. The van der Waals surface area contributed by atoms with Crippen molar-refractivity contribution >= 4 is 17.3 Å². The third-order valence-electron chi connectivity index (χ3n) is 3.09. The number of nitrogens with one attached hydrogen (secondary N) is 1. The standard InChI is InChI=1S/C13H19ClN2O/c1-10-9-16(7-3-6-15-10)13-8-11(17-2)4-5-12(13)14/h4-5,8,10,15H,3,6-7,9H2,1-2H3. The number of benzene rings is 1. The number of methoxy groups -OCH3 is 1. The molecule has 1 aliphatic rings. The molecule has 1 N–H and O–H groups in total. The Hall–Kier alpha value is -0.930. The van der Waals surface area contributed by atoms with Crippen molar-refractivity contribution in [2.45, 2.75) is 19.4 Å². The second-order valence-corrected chi connectivity index (χ2v) is 4.88. The van der Waals surface area contributed by atoms with Crippen LogP contribution in [-0.4, -0.2) is 32.8 Å². The monoisotopic (exact) mass is 254 g/mol. The fourth-order valence-corrected chi connectivity index (χ4v) is 2.42. The van der Waals surface area contributed by atoms with Crippen LogP contribution in [0.15, 0.2) is 18.2 Å². The van der Waals surface area contributed by atoms with Gasteiger partial charge in [-0.15, -0.1) is 0 Å². The van der Waals surface area contributed by atoms with Gasteiger partial charge in [0, 0.05) is 25.2 Å². The molecular weight excluding hydrogens is 236 g/mol. The van der Waals surface area contributed by atoms with E-state index in [2.05, 4.69) is 17.1 Å². The number of rotatable bonds is 2. The third kappa shape index (κ3) is 3.05. The molecule has 1 fully saturated rings. The van der Waals surface area contributed by atoms with Crippen LogP contribution < -0.4 is 15.0 Å². The second kappa shape index (κ2) is 5.61. The normalized spacial score (nSPS) is 21.1. The van der Waals surface area contributed by atoms with E-state index in [0.29, 0.717) is 6.04 Å². The molecule has 0 spiro atoms. The fraction of sp³-hybridized carbons (Fsp3) is 0.538. The highest BCUT2D eigenvalue weighted by molar-refractivity contribution is 6.33. The molecule has 2 rings (SSSR count). The summed E-state index contributed by atoms with van der Waals surface area (Å²) in [5.74, 6) is 0.856. The molecular formula is C13H19ClN2O. The highest BCUT2D eigenvalue weighted by Gasteiger charge is 2.17. The average molecular weight is 255 g/mol. The number of hydrogen-bond donors (Lipinski definition) is 1. The fourth-order valence-electron chi connectivity index (χ4n) is 2.19. The van der Waals surface area contributed by atoms with Gasteiger partial charge in [0.25, 0.3) is 0 Å². The van der Waals surface area contributed by atoms with Gasteiger partial charge in [0.1, 0.15) is 5.75 Å². The summed E-state index contributed by atoms with van der Waals surface area (Å²) in [6, 6.07) is 6.30. The smallest absolute Gasteiger partial charge is 0.121 e. The van der Waals surface area contributed by atoms with Gasteiger partial charge in [-0.1, -0.05) is 11.6 Å². The Bertz CT molecular complexity index is 384. The van der Waals surface area contributed by atoms with Crippen LogP contribution in [0.2, 0.25) is 5.02 Å². The van der Waals surface area contributed by atoms with E-state index in [1.807, 2.05) is 18.2 Å². The van der Waals surface area contributed by atoms with Gasteiger partial charge in [-0.05, 0) is 32.0 Å². The quantitative estimate of drug-likeness (QED) is 0.878. The van der Waals surface area contributed by atoms with E-state index in [1.54, 1.807) is 7.11 Å². The molecule has 4 heteroatoms. The summed E-state index contributed by atoms with van der Waals surface area (Å²) < 4.78 is 5.26. The Labute approximate surface area is 108 Å². The second-order valence-electron chi connectivity index (χ2n) is 4.47. The van der Waals surface area contributed by atoms with Gasteiger partial charge in [0.2, 0.25) is 0 Å². The first-order valence-electron chi connectivity index (χ1n) is 6.02. The minimum atomic E-state index is 0.486. The molecule has 0 radical (unpaired) electrons. The lowest BCUT2D eigenvalue weighted by molar-refractivity contribution is 0.414. The van der Waals surface area contributed by atoms with E-state index in [4.69, 9.17) is 16.3 Å². The van der Waals surface area contributed by atoms with Crippen LogP contribution in [0.4, 0.5) is 5.69 Å². The molecule has 0 saturated carbocycles. The van der Waals surface area contributed by atoms with Crippen LogP contribution in [0, 0.1) is 0 Å². The predicted molar refractivity (Wildman–Crippen MR) is 72.3 cm³/mol. The molecule has 17 heavy (non-hydrogen) atoms. The predicted octanol–water partition coefficient (Wildman–Crippen LogP) is 2.54. The van der Waals surface area contributed by atoms with E-state index in [-0.39, 0.29) is 0 Å². The molecule has 3 nitrogen and oxygen atoms in total. The van der Waals surface area contributed by atoms with Crippen molar-refractivity contribution in [2.24, 2.45) is 0 Å². The minimum absolute atomic E-state index is 0.486. The van der Waals surface area contributed by atoms with Crippen molar-refractivity contribution in [3.05, 3.63) is 23.2 Å². The van der Waals surface area contributed by atoms with Crippen molar-refractivity contribution < 1.29 is 4.74 Å². The number of halogens is 1. The van der Waals surface area contributed by atoms with E-state index in [0.717, 1.165) is 42.5 Å². The molecule has 0 bridgehead atoms. The Balaban J connectivity index is 2.24. The summed E-state index contributed by atoms with van der Waals surface area (Å²) in [5.41, 5.74) is 1.07. The van der Waals surface area contributed by atoms with Crippen LogP contribution >= 0.6 is 11.6 Å². The summed E-state index contributed by atoms with van der Waals surface area (Å²) in [5, 5.41) is 4.27. The topological polar surface area (TPSA) is 24.5 Å². The Morgan fingerprint density at radius 2 is 2.29 bits per heavy atom. The largest absolute Gasteiger partial charge is 0.497 e. The molecule has 1 saturated heterocycles. The van der Waals surface area contributed by atoms with Crippen LogP contribution in [0.5, 0.6) is 5.75 Å². The minimum Gasteiger partial charge on any atom is -0.497 e. The Morgan fingerprint density at radius 1 is 1.47 bits per heavy atom. The molecule has 0 amide bonds. The molecule has 1 heterocycles. The average Bonchev–Trinajstić information content (AvgIpc) is 2.54. The van der Waals surface area contributed by atoms with Crippen molar-refractivity contribution in [1.29, 1.82) is 0 Å². The van der Waals surface area contributed by atoms with Crippen LogP contribution in [0.3, 0.4) is 0 Å². The van der Waals surface area contributed by atoms with Crippen LogP contribution in [0.25, 0.3) is 0 Å². The SMILES string of the molecule is COc1ccc(Cl)c(N2CCCNC(C)C2)c1. The highest BCUT2D eigenvalue weighted by Crippen LogP contribution is 2.30. The number of ether oxygens (including phenoxy) is 1. The number of hydrogen-bond acceptors (Lipinski definition) is 3. The summed E-state index contributed by atoms with van der Waals surface area (Å²) in [4.78, 5) is 2.33. The van der Waals surface area contributed by atoms with Crippen LogP contribution in [0.1, 0.15) is 13.3 Å². The summed E-state index contributed by atoms with van der Waals surface area (Å²) in [7, 11) is 1.68. The summed E-state index contributed by atoms with van der Waals surface area (Å²) in [6.45, 7) is 5.28. The van der Waals surface area contributed by atoms with Gasteiger partial charge < -0.3 is 15.0 Å². The molecule has 94 valence electrons. The zero-order valence-electron chi connectivity index (χ0n) is 10.4. The molecule has 0 aromatic heterocycles. The van der Waals surface area contributed by atoms with Crippen molar-refractivity contribution in [3.8, 4) is 5.75 Å². The number of nitrogens with zero attached hydrogens (tertiary/aromatic N) is 1. The zero-order chi connectivity index (χ0) is 12.3. The summed E-state index contributed by atoms with van der Waals surface area (Å²) in [6.07, 6.45) is 1.14. The highest BCUT2D eigenvalue weighted by atomic mass is 35.5. The number of anilines is 1. The van der Waals surface area contributed by atoms with Gasteiger partial charge in [0.05, 0.1) is 17.8 Å². The van der Waals surface area contributed by atoms with Crippen molar-refractivity contribution in [3.63, 3.8) is 0 Å². The van der Waals surface area contributed by atoms with Gasteiger partial charge in [0.15, 0.2) is 0 Å². The van der Waals surface area contributed by atoms with Gasteiger partial charge in [-0.2, -0.15) is 0 Å². The lowest BCUT2D eigenvalue weighted by atomic mass is 10.2. The van der Waals surface area contributed by atoms with E-state index in [9.17, 15) is 0 Å². The van der Waals surface area contributed by atoms with Gasteiger partial charge in [-0.25, -0.2) is 0 Å². The van der Waals surface area contributed by atoms with Crippen LogP contribution in [-0.2, 0) is 0 Å². The lowest BCUT2D eigenvalue weighted by Crippen LogP contribution is -2.35.